The van der Waals surface area contributed by atoms with Crippen LogP contribution in [0.5, 0.6) is 0 Å². The van der Waals surface area contributed by atoms with Gasteiger partial charge in [0.1, 0.15) is 0 Å². The molecular formula is C16H15ClN4O2. The van der Waals surface area contributed by atoms with Gasteiger partial charge in [-0.1, -0.05) is 23.4 Å². The molecule has 0 aliphatic heterocycles. The smallest absolute Gasteiger partial charge is 0.229 e. The van der Waals surface area contributed by atoms with Gasteiger partial charge in [0, 0.05) is 24.5 Å². The maximum absolute atomic E-state index is 12.1. The predicted molar refractivity (Wildman–Crippen MR) is 85.4 cm³/mol. The van der Waals surface area contributed by atoms with Crippen molar-refractivity contribution in [3.8, 4) is 5.69 Å². The molecule has 0 radical (unpaired) electrons. The molecule has 0 spiro atoms. The number of carbonyl (C=O) groups is 1. The zero-order valence-electron chi connectivity index (χ0n) is 12.5. The van der Waals surface area contributed by atoms with Crippen molar-refractivity contribution < 1.29 is 9.32 Å². The van der Waals surface area contributed by atoms with Crippen molar-refractivity contribution in [1.82, 2.24) is 20.3 Å². The van der Waals surface area contributed by atoms with E-state index in [1.54, 1.807) is 17.8 Å². The highest BCUT2D eigenvalue weighted by Gasteiger charge is 2.15. The molecule has 118 valence electrons. The van der Waals surface area contributed by atoms with Crippen molar-refractivity contribution in [2.24, 2.45) is 0 Å². The molecule has 1 N–H and O–H groups in total. The summed E-state index contributed by atoms with van der Waals surface area (Å²) in [6.45, 7) is 2.15. The minimum atomic E-state index is -0.145. The van der Waals surface area contributed by atoms with Gasteiger partial charge in [0.2, 0.25) is 11.1 Å². The van der Waals surface area contributed by atoms with Crippen LogP contribution < -0.4 is 5.32 Å². The largest absolute Gasteiger partial charge is 0.352 e. The van der Waals surface area contributed by atoms with E-state index in [0.29, 0.717) is 17.8 Å². The van der Waals surface area contributed by atoms with Crippen LogP contribution in [0, 0.1) is 6.92 Å². The highest BCUT2D eigenvalue weighted by Crippen LogP contribution is 2.19. The van der Waals surface area contributed by atoms with E-state index in [2.05, 4.69) is 15.6 Å². The van der Waals surface area contributed by atoms with Gasteiger partial charge in [-0.2, -0.15) is 5.10 Å². The van der Waals surface area contributed by atoms with E-state index in [4.69, 9.17) is 16.1 Å². The zero-order chi connectivity index (χ0) is 16.2. The number of para-hydroxylation sites is 1. The van der Waals surface area contributed by atoms with Crippen LogP contribution in [0.25, 0.3) is 5.69 Å². The number of aryl methyl sites for hydroxylation is 1. The van der Waals surface area contributed by atoms with Gasteiger partial charge in [-0.15, -0.1) is 0 Å². The second-order valence-corrected chi connectivity index (χ2v) is 5.40. The summed E-state index contributed by atoms with van der Waals surface area (Å²) in [7, 11) is 0. The molecule has 2 heterocycles. The van der Waals surface area contributed by atoms with Crippen LogP contribution in [0.1, 0.15) is 16.8 Å². The summed E-state index contributed by atoms with van der Waals surface area (Å²) in [5.41, 5.74) is 3.14. The number of aromatic nitrogens is 3. The van der Waals surface area contributed by atoms with Crippen molar-refractivity contribution in [2.45, 2.75) is 19.9 Å². The van der Waals surface area contributed by atoms with Crippen LogP contribution in [0.4, 0.5) is 0 Å². The van der Waals surface area contributed by atoms with E-state index in [-0.39, 0.29) is 17.5 Å². The molecule has 0 unspecified atom stereocenters. The van der Waals surface area contributed by atoms with Crippen LogP contribution in [-0.2, 0) is 17.8 Å². The lowest BCUT2D eigenvalue weighted by Gasteiger charge is -2.10. The molecule has 3 aromatic rings. The molecule has 0 aliphatic carbocycles. The molecule has 0 bridgehead atoms. The third-order valence-corrected chi connectivity index (χ3v) is 3.79. The van der Waals surface area contributed by atoms with E-state index >= 15 is 0 Å². The quantitative estimate of drug-likeness (QED) is 0.780. The molecule has 0 saturated heterocycles. The van der Waals surface area contributed by atoms with Gasteiger partial charge in [0.25, 0.3) is 0 Å². The highest BCUT2D eigenvalue weighted by molar-refractivity contribution is 6.29. The molecule has 2 aromatic heterocycles. The summed E-state index contributed by atoms with van der Waals surface area (Å²) in [5.74, 6) is -0.145. The number of amides is 1. The molecular weight excluding hydrogens is 316 g/mol. The summed E-state index contributed by atoms with van der Waals surface area (Å²) in [5, 5.41) is 11.0. The van der Waals surface area contributed by atoms with Gasteiger partial charge in [0.05, 0.1) is 17.8 Å². The molecule has 1 aromatic carbocycles. The first-order valence-corrected chi connectivity index (χ1v) is 7.48. The van der Waals surface area contributed by atoms with Gasteiger partial charge >= 0.3 is 0 Å². The van der Waals surface area contributed by atoms with E-state index < -0.39 is 0 Å². The summed E-state index contributed by atoms with van der Waals surface area (Å²) >= 11 is 5.88. The van der Waals surface area contributed by atoms with Gasteiger partial charge in [-0.25, -0.2) is 4.68 Å². The average Bonchev–Trinajstić information content (AvgIpc) is 3.19. The fourth-order valence-corrected chi connectivity index (χ4v) is 2.51. The third-order valence-electron chi connectivity index (χ3n) is 3.49. The first kappa shape index (κ1) is 15.3. The van der Waals surface area contributed by atoms with Crippen LogP contribution in [-0.4, -0.2) is 20.8 Å². The number of benzene rings is 1. The van der Waals surface area contributed by atoms with Gasteiger partial charge < -0.3 is 9.84 Å². The minimum Gasteiger partial charge on any atom is -0.352 e. The second kappa shape index (κ2) is 6.66. The Morgan fingerprint density at radius 2 is 2.17 bits per heavy atom. The Morgan fingerprint density at radius 1 is 1.35 bits per heavy atom. The van der Waals surface area contributed by atoms with Gasteiger partial charge in [-0.3, -0.25) is 4.79 Å². The summed E-state index contributed by atoms with van der Waals surface area (Å²) < 4.78 is 6.62. The zero-order valence-corrected chi connectivity index (χ0v) is 13.2. The number of carbonyl (C=O) groups excluding carboxylic acids is 1. The van der Waals surface area contributed by atoms with Gasteiger partial charge in [-0.05, 0) is 36.2 Å². The number of rotatable bonds is 5. The number of nitrogens with one attached hydrogen (secondary N) is 1. The average molecular weight is 331 g/mol. The van der Waals surface area contributed by atoms with E-state index in [9.17, 15) is 4.79 Å². The Hall–Kier alpha value is -2.60. The van der Waals surface area contributed by atoms with Crippen LogP contribution in [0.3, 0.4) is 0 Å². The first-order valence-electron chi connectivity index (χ1n) is 7.10. The van der Waals surface area contributed by atoms with E-state index in [0.717, 1.165) is 11.3 Å². The predicted octanol–water partition coefficient (Wildman–Crippen LogP) is 2.68. The monoisotopic (exact) mass is 330 g/mol. The van der Waals surface area contributed by atoms with E-state index in [1.165, 1.54) is 0 Å². The summed E-state index contributed by atoms with van der Waals surface area (Å²) in [6, 6.07) is 9.62. The Balaban J connectivity index is 1.68. The molecule has 0 aliphatic rings. The van der Waals surface area contributed by atoms with Crippen molar-refractivity contribution in [2.75, 3.05) is 0 Å². The Labute approximate surface area is 138 Å². The molecule has 3 rings (SSSR count). The maximum atomic E-state index is 12.1. The van der Waals surface area contributed by atoms with Crippen LogP contribution in [0.2, 0.25) is 5.22 Å². The number of hydrogen-bond acceptors (Lipinski definition) is 4. The maximum Gasteiger partial charge on any atom is 0.229 e. The summed E-state index contributed by atoms with van der Waals surface area (Å²) in [6.07, 6.45) is 3.71. The second-order valence-electron chi connectivity index (χ2n) is 5.05. The number of halogens is 1. The Morgan fingerprint density at radius 3 is 2.87 bits per heavy atom. The van der Waals surface area contributed by atoms with Crippen molar-refractivity contribution in [3.05, 3.63) is 64.8 Å². The third kappa shape index (κ3) is 3.43. The lowest BCUT2D eigenvalue weighted by atomic mass is 10.1. The fourth-order valence-electron chi connectivity index (χ4n) is 2.27. The molecule has 7 heteroatoms. The standard InChI is InChI=1S/C16H15ClN4O2/c1-11-13(16(17)23-20-11)9-15(22)18-10-12-5-2-3-6-14(12)21-8-4-7-19-21/h2-8H,9-10H2,1H3,(H,18,22). The van der Waals surface area contributed by atoms with Gasteiger partial charge in [0.15, 0.2) is 0 Å². The molecule has 23 heavy (non-hydrogen) atoms. The van der Waals surface area contributed by atoms with Crippen molar-refractivity contribution >= 4 is 17.5 Å². The highest BCUT2D eigenvalue weighted by atomic mass is 35.5. The topological polar surface area (TPSA) is 73.0 Å². The van der Waals surface area contributed by atoms with E-state index in [1.807, 2.05) is 36.5 Å². The molecule has 0 saturated carbocycles. The first-order chi connectivity index (χ1) is 11.1. The number of nitrogens with zero attached hydrogens (tertiary/aromatic N) is 3. The fraction of sp³-hybridized carbons (Fsp3) is 0.188. The van der Waals surface area contributed by atoms with Crippen LogP contribution >= 0.6 is 11.6 Å². The lowest BCUT2D eigenvalue weighted by Crippen LogP contribution is -2.25. The van der Waals surface area contributed by atoms with Crippen molar-refractivity contribution in [3.63, 3.8) is 0 Å². The van der Waals surface area contributed by atoms with Crippen molar-refractivity contribution in [1.29, 1.82) is 0 Å². The molecule has 0 atom stereocenters. The Bertz CT molecular complexity index is 792. The SMILES string of the molecule is Cc1noc(Cl)c1CC(=O)NCc1ccccc1-n1cccn1. The normalized spacial score (nSPS) is 10.7. The van der Waals surface area contributed by atoms with Crippen LogP contribution in [0.15, 0.2) is 47.2 Å². The molecule has 6 nitrogen and oxygen atoms in total. The Kier molecular flexibility index (Phi) is 4.43. The lowest BCUT2D eigenvalue weighted by molar-refractivity contribution is -0.120. The number of hydrogen-bond donors (Lipinski definition) is 1. The molecule has 1 amide bonds. The summed E-state index contributed by atoms with van der Waals surface area (Å²) in [4.78, 5) is 12.1. The minimum absolute atomic E-state index is 0.137. The molecule has 0 fully saturated rings.